The van der Waals surface area contributed by atoms with Gasteiger partial charge in [-0.2, -0.15) is 0 Å². The highest BCUT2D eigenvalue weighted by Crippen LogP contribution is 2.37. The van der Waals surface area contributed by atoms with Crippen molar-refractivity contribution >= 4 is 5.69 Å². The van der Waals surface area contributed by atoms with Gasteiger partial charge >= 0.3 is 0 Å². The van der Waals surface area contributed by atoms with Crippen LogP contribution in [-0.4, -0.2) is 17.6 Å². The molecule has 1 aliphatic heterocycles. The molecule has 0 bridgehead atoms. The van der Waals surface area contributed by atoms with Crippen molar-refractivity contribution in [3.8, 4) is 0 Å². The van der Waals surface area contributed by atoms with E-state index in [2.05, 4.69) is 22.0 Å². The van der Waals surface area contributed by atoms with Crippen molar-refractivity contribution in [3.05, 3.63) is 24.0 Å². The summed E-state index contributed by atoms with van der Waals surface area (Å²) in [6, 6.07) is 5.03. The van der Waals surface area contributed by atoms with Gasteiger partial charge in [-0.3, -0.25) is 4.98 Å². The molecule has 2 fully saturated rings. The van der Waals surface area contributed by atoms with Crippen LogP contribution in [0.3, 0.4) is 0 Å². The van der Waals surface area contributed by atoms with E-state index in [-0.39, 0.29) is 0 Å². The molecule has 2 aliphatic rings. The molecule has 1 atom stereocenters. The Hall–Kier alpha value is -1.09. The average molecular weight is 245 g/mol. The standard InChI is InChI=1S/C15H23N3/c16-10-13-7-8-14(11-17-13)18-9-3-6-15(18)12-4-1-2-5-12/h7-8,11-12,15H,1-6,9-10,16H2. The van der Waals surface area contributed by atoms with E-state index in [4.69, 9.17) is 5.73 Å². The Balaban J connectivity index is 1.76. The fourth-order valence-corrected chi connectivity index (χ4v) is 3.65. The lowest BCUT2D eigenvalue weighted by Gasteiger charge is -2.31. The summed E-state index contributed by atoms with van der Waals surface area (Å²) in [7, 11) is 0. The molecule has 2 N–H and O–H groups in total. The molecule has 1 unspecified atom stereocenters. The lowest BCUT2D eigenvalue weighted by molar-refractivity contribution is 0.430. The van der Waals surface area contributed by atoms with E-state index in [0.29, 0.717) is 6.54 Å². The van der Waals surface area contributed by atoms with Gasteiger partial charge in [0, 0.05) is 19.1 Å². The van der Waals surface area contributed by atoms with Crippen molar-refractivity contribution in [2.45, 2.75) is 51.1 Å². The summed E-state index contributed by atoms with van der Waals surface area (Å²) in [5.74, 6) is 0.918. The van der Waals surface area contributed by atoms with E-state index in [9.17, 15) is 0 Å². The molecule has 2 heterocycles. The van der Waals surface area contributed by atoms with Gasteiger partial charge in [0.2, 0.25) is 0 Å². The van der Waals surface area contributed by atoms with E-state index >= 15 is 0 Å². The molecule has 98 valence electrons. The number of pyridine rings is 1. The molecule has 1 aromatic rings. The van der Waals surface area contributed by atoms with Gasteiger partial charge in [-0.1, -0.05) is 12.8 Å². The highest BCUT2D eigenvalue weighted by molar-refractivity contribution is 5.47. The molecular weight excluding hydrogens is 222 g/mol. The molecular formula is C15H23N3. The molecule has 3 rings (SSSR count). The highest BCUT2D eigenvalue weighted by Gasteiger charge is 2.33. The minimum absolute atomic E-state index is 0.534. The third-order valence-corrected chi connectivity index (χ3v) is 4.59. The normalized spacial score (nSPS) is 24.9. The van der Waals surface area contributed by atoms with Crippen molar-refractivity contribution in [1.29, 1.82) is 0 Å². The van der Waals surface area contributed by atoms with Gasteiger partial charge in [-0.05, 0) is 43.7 Å². The molecule has 18 heavy (non-hydrogen) atoms. The van der Waals surface area contributed by atoms with E-state index in [1.165, 1.54) is 50.8 Å². The van der Waals surface area contributed by atoms with Gasteiger partial charge in [0.05, 0.1) is 17.6 Å². The monoisotopic (exact) mass is 245 g/mol. The Bertz CT molecular complexity index is 381. The van der Waals surface area contributed by atoms with E-state index in [1.54, 1.807) is 0 Å². The van der Waals surface area contributed by atoms with E-state index < -0.39 is 0 Å². The fourth-order valence-electron chi connectivity index (χ4n) is 3.65. The van der Waals surface area contributed by atoms with Gasteiger partial charge in [0.1, 0.15) is 0 Å². The molecule has 0 spiro atoms. The van der Waals surface area contributed by atoms with Crippen molar-refractivity contribution in [2.75, 3.05) is 11.4 Å². The SMILES string of the molecule is NCc1ccc(N2CCCC2C2CCCC2)cn1. The molecule has 1 aromatic heterocycles. The number of nitrogens with zero attached hydrogens (tertiary/aromatic N) is 2. The molecule has 0 aromatic carbocycles. The zero-order chi connectivity index (χ0) is 12.4. The third-order valence-electron chi connectivity index (χ3n) is 4.59. The lowest BCUT2D eigenvalue weighted by Crippen LogP contribution is -2.34. The number of anilines is 1. The summed E-state index contributed by atoms with van der Waals surface area (Å²) >= 11 is 0. The summed E-state index contributed by atoms with van der Waals surface area (Å²) in [6.07, 6.45) is 10.4. The summed E-state index contributed by atoms with van der Waals surface area (Å²) in [5.41, 5.74) is 7.88. The van der Waals surface area contributed by atoms with Crippen LogP contribution >= 0.6 is 0 Å². The topological polar surface area (TPSA) is 42.1 Å². The van der Waals surface area contributed by atoms with Crippen LogP contribution in [0.15, 0.2) is 18.3 Å². The Kier molecular flexibility index (Phi) is 3.50. The maximum absolute atomic E-state index is 5.60. The van der Waals surface area contributed by atoms with Crippen molar-refractivity contribution in [1.82, 2.24) is 4.98 Å². The van der Waals surface area contributed by atoms with Crippen molar-refractivity contribution < 1.29 is 0 Å². The fraction of sp³-hybridized carbons (Fsp3) is 0.667. The predicted octanol–water partition coefficient (Wildman–Crippen LogP) is 2.70. The van der Waals surface area contributed by atoms with Gasteiger partial charge in [-0.15, -0.1) is 0 Å². The minimum Gasteiger partial charge on any atom is -0.367 e. The van der Waals surface area contributed by atoms with Crippen LogP contribution in [0.1, 0.15) is 44.2 Å². The Morgan fingerprint density at radius 3 is 2.67 bits per heavy atom. The maximum atomic E-state index is 5.60. The molecule has 1 saturated heterocycles. The van der Waals surface area contributed by atoms with Gasteiger partial charge in [-0.25, -0.2) is 0 Å². The number of aromatic nitrogens is 1. The Morgan fingerprint density at radius 1 is 1.17 bits per heavy atom. The number of hydrogen-bond acceptors (Lipinski definition) is 3. The number of rotatable bonds is 3. The van der Waals surface area contributed by atoms with Gasteiger partial charge in [0.25, 0.3) is 0 Å². The zero-order valence-corrected chi connectivity index (χ0v) is 11.0. The van der Waals surface area contributed by atoms with Crippen LogP contribution in [0.5, 0.6) is 0 Å². The number of nitrogens with two attached hydrogens (primary N) is 1. The second kappa shape index (κ2) is 5.27. The van der Waals surface area contributed by atoms with Crippen LogP contribution in [0.2, 0.25) is 0 Å². The molecule has 3 heteroatoms. The van der Waals surface area contributed by atoms with Crippen molar-refractivity contribution in [2.24, 2.45) is 11.7 Å². The second-order valence-electron chi connectivity index (χ2n) is 5.66. The molecule has 1 saturated carbocycles. The largest absolute Gasteiger partial charge is 0.367 e. The van der Waals surface area contributed by atoms with E-state index in [1.807, 2.05) is 6.20 Å². The highest BCUT2D eigenvalue weighted by atomic mass is 15.2. The van der Waals surface area contributed by atoms with Crippen molar-refractivity contribution in [3.63, 3.8) is 0 Å². The molecule has 1 aliphatic carbocycles. The van der Waals surface area contributed by atoms with Crippen LogP contribution in [0, 0.1) is 5.92 Å². The first-order chi connectivity index (χ1) is 8.88. The van der Waals surface area contributed by atoms with Crippen LogP contribution in [0.25, 0.3) is 0 Å². The first-order valence-electron chi connectivity index (χ1n) is 7.30. The Labute approximate surface area is 109 Å². The smallest absolute Gasteiger partial charge is 0.0555 e. The van der Waals surface area contributed by atoms with Crippen LogP contribution in [-0.2, 0) is 6.54 Å². The maximum Gasteiger partial charge on any atom is 0.0555 e. The first kappa shape index (κ1) is 12.0. The number of hydrogen-bond donors (Lipinski definition) is 1. The molecule has 3 nitrogen and oxygen atoms in total. The van der Waals surface area contributed by atoms with Gasteiger partial charge < -0.3 is 10.6 Å². The zero-order valence-electron chi connectivity index (χ0n) is 11.0. The summed E-state index contributed by atoms with van der Waals surface area (Å²) < 4.78 is 0. The summed E-state index contributed by atoms with van der Waals surface area (Å²) in [6.45, 7) is 1.73. The first-order valence-corrected chi connectivity index (χ1v) is 7.30. The molecule has 0 amide bonds. The average Bonchev–Trinajstić information content (AvgIpc) is 3.09. The third kappa shape index (κ3) is 2.24. The summed E-state index contributed by atoms with van der Waals surface area (Å²) in [4.78, 5) is 7.02. The minimum atomic E-state index is 0.534. The van der Waals surface area contributed by atoms with Crippen LogP contribution in [0.4, 0.5) is 5.69 Å². The van der Waals surface area contributed by atoms with Gasteiger partial charge in [0.15, 0.2) is 0 Å². The predicted molar refractivity (Wildman–Crippen MR) is 74.5 cm³/mol. The quantitative estimate of drug-likeness (QED) is 0.890. The lowest BCUT2D eigenvalue weighted by atomic mass is 9.96. The molecule has 0 radical (unpaired) electrons. The van der Waals surface area contributed by atoms with Crippen LogP contribution < -0.4 is 10.6 Å². The second-order valence-corrected chi connectivity index (χ2v) is 5.66. The van der Waals surface area contributed by atoms with E-state index in [0.717, 1.165) is 17.7 Å². The summed E-state index contributed by atoms with van der Waals surface area (Å²) in [5, 5.41) is 0. The Morgan fingerprint density at radius 2 is 2.00 bits per heavy atom.